The van der Waals surface area contributed by atoms with Gasteiger partial charge in [0.1, 0.15) is 6.04 Å². The molecule has 3 aromatic rings. The van der Waals surface area contributed by atoms with Gasteiger partial charge in [-0.25, -0.2) is 4.79 Å². The Labute approximate surface area is 149 Å². The number of aromatic nitrogens is 1. The quantitative estimate of drug-likeness (QED) is 0.689. The first kappa shape index (κ1) is 17.0. The fourth-order valence-corrected chi connectivity index (χ4v) is 2.82. The topological polar surface area (TPSA) is 71.2 Å². The molecule has 128 valence electrons. The van der Waals surface area contributed by atoms with E-state index in [0.29, 0.717) is 17.0 Å². The van der Waals surface area contributed by atoms with Gasteiger partial charge in [-0.3, -0.25) is 4.79 Å². The lowest BCUT2D eigenvalue weighted by atomic mass is 10.0. The van der Waals surface area contributed by atoms with Crippen LogP contribution in [0.25, 0.3) is 10.9 Å². The third kappa shape index (κ3) is 3.83. The monoisotopic (exact) mass is 356 g/mol. The molecular formula is C19H17ClN2O3. The molecule has 6 heteroatoms. The minimum atomic E-state index is -0.785. The molecule has 0 bridgehead atoms. The van der Waals surface area contributed by atoms with Gasteiger partial charge in [0.25, 0.3) is 5.91 Å². The molecule has 1 amide bonds. The highest BCUT2D eigenvalue weighted by Gasteiger charge is 2.23. The molecule has 0 saturated heterocycles. The summed E-state index contributed by atoms with van der Waals surface area (Å²) in [4.78, 5) is 27.7. The van der Waals surface area contributed by atoms with Crippen molar-refractivity contribution in [3.05, 3.63) is 70.9 Å². The Balaban J connectivity index is 1.81. The number of amides is 1. The first-order valence-corrected chi connectivity index (χ1v) is 8.15. The highest BCUT2D eigenvalue weighted by Crippen LogP contribution is 2.19. The van der Waals surface area contributed by atoms with Crippen LogP contribution in [-0.4, -0.2) is 30.0 Å². The van der Waals surface area contributed by atoms with Gasteiger partial charge in [0.2, 0.25) is 0 Å². The zero-order valence-corrected chi connectivity index (χ0v) is 14.3. The molecule has 0 aliphatic carbocycles. The maximum absolute atomic E-state index is 12.4. The number of aromatic amines is 1. The van der Waals surface area contributed by atoms with E-state index in [1.165, 1.54) is 7.11 Å². The second-order valence-electron chi connectivity index (χ2n) is 5.62. The lowest BCUT2D eigenvalue weighted by Gasteiger charge is -2.16. The number of para-hydroxylation sites is 1. The first-order chi connectivity index (χ1) is 12.1. The average Bonchev–Trinajstić information content (AvgIpc) is 3.04. The normalized spacial score (nSPS) is 11.9. The molecule has 5 nitrogen and oxygen atoms in total. The Hall–Kier alpha value is -2.79. The van der Waals surface area contributed by atoms with Crippen molar-refractivity contribution < 1.29 is 14.3 Å². The summed E-state index contributed by atoms with van der Waals surface area (Å²) in [5, 5.41) is 4.29. The summed E-state index contributed by atoms with van der Waals surface area (Å²) < 4.78 is 4.84. The number of H-pyrrole nitrogens is 1. The fraction of sp³-hybridized carbons (Fsp3) is 0.158. The van der Waals surface area contributed by atoms with Crippen LogP contribution in [0, 0.1) is 0 Å². The van der Waals surface area contributed by atoms with Gasteiger partial charge < -0.3 is 15.0 Å². The largest absolute Gasteiger partial charge is 0.467 e. The number of rotatable bonds is 5. The van der Waals surface area contributed by atoms with E-state index >= 15 is 0 Å². The zero-order valence-electron chi connectivity index (χ0n) is 13.6. The van der Waals surface area contributed by atoms with Crippen LogP contribution in [0.1, 0.15) is 15.9 Å². The van der Waals surface area contributed by atoms with Crippen molar-refractivity contribution in [3.8, 4) is 0 Å². The predicted molar refractivity (Wildman–Crippen MR) is 96.7 cm³/mol. The zero-order chi connectivity index (χ0) is 17.8. The smallest absolute Gasteiger partial charge is 0.328 e. The number of ether oxygens (including phenoxy) is 1. The molecule has 0 aliphatic heterocycles. The van der Waals surface area contributed by atoms with E-state index in [9.17, 15) is 9.59 Å². The highest BCUT2D eigenvalue weighted by molar-refractivity contribution is 6.30. The number of methoxy groups -OCH3 is 1. The molecule has 25 heavy (non-hydrogen) atoms. The molecule has 0 fully saturated rings. The number of carbonyl (C=O) groups is 2. The Morgan fingerprint density at radius 1 is 1.16 bits per heavy atom. The first-order valence-electron chi connectivity index (χ1n) is 7.77. The van der Waals surface area contributed by atoms with Gasteiger partial charge in [-0.1, -0.05) is 29.8 Å². The van der Waals surface area contributed by atoms with Crippen LogP contribution >= 0.6 is 11.6 Å². The third-order valence-corrected chi connectivity index (χ3v) is 4.25. The van der Waals surface area contributed by atoms with Crippen molar-refractivity contribution in [1.82, 2.24) is 10.3 Å². The second-order valence-corrected chi connectivity index (χ2v) is 6.06. The minimum absolute atomic E-state index is 0.329. The van der Waals surface area contributed by atoms with Crippen molar-refractivity contribution in [3.63, 3.8) is 0 Å². The van der Waals surface area contributed by atoms with Crippen molar-refractivity contribution in [1.29, 1.82) is 0 Å². The number of halogens is 1. The van der Waals surface area contributed by atoms with Gasteiger partial charge in [0, 0.05) is 34.1 Å². The van der Waals surface area contributed by atoms with Crippen LogP contribution in [0.15, 0.2) is 54.7 Å². The van der Waals surface area contributed by atoms with E-state index in [1.54, 1.807) is 24.3 Å². The van der Waals surface area contributed by atoms with Gasteiger partial charge >= 0.3 is 5.97 Å². The van der Waals surface area contributed by atoms with E-state index in [-0.39, 0.29) is 5.91 Å². The van der Waals surface area contributed by atoms with E-state index in [1.807, 2.05) is 30.5 Å². The Morgan fingerprint density at radius 2 is 1.88 bits per heavy atom. The number of esters is 1. The van der Waals surface area contributed by atoms with E-state index in [2.05, 4.69) is 10.3 Å². The molecule has 1 unspecified atom stereocenters. The van der Waals surface area contributed by atoms with Crippen molar-refractivity contribution in [2.45, 2.75) is 12.5 Å². The summed E-state index contributed by atoms with van der Waals surface area (Å²) in [7, 11) is 1.30. The second kappa shape index (κ2) is 7.40. The number of carbonyl (C=O) groups excluding carboxylic acids is 2. The van der Waals surface area contributed by atoms with E-state index in [0.717, 1.165) is 16.5 Å². The number of hydrogen-bond acceptors (Lipinski definition) is 3. The van der Waals surface area contributed by atoms with Crippen LogP contribution < -0.4 is 5.32 Å². The van der Waals surface area contributed by atoms with Crippen LogP contribution in [0.2, 0.25) is 5.02 Å². The molecule has 0 aliphatic rings. The number of benzene rings is 2. The van der Waals surface area contributed by atoms with E-state index in [4.69, 9.17) is 16.3 Å². The highest BCUT2D eigenvalue weighted by atomic mass is 35.5. The Bertz CT molecular complexity index is 902. The summed E-state index contributed by atoms with van der Waals surface area (Å²) >= 11 is 5.84. The lowest BCUT2D eigenvalue weighted by molar-refractivity contribution is -0.142. The molecule has 0 saturated carbocycles. The third-order valence-electron chi connectivity index (χ3n) is 4.00. The molecule has 2 aromatic carbocycles. The van der Waals surface area contributed by atoms with Crippen molar-refractivity contribution in [2.24, 2.45) is 0 Å². The standard InChI is InChI=1S/C19H17ClN2O3/c1-25-19(24)17(22-18(23)12-6-8-14(20)9-7-12)10-13-11-21-16-5-3-2-4-15(13)16/h2-9,11,17,21H,10H2,1H3,(H,22,23). The molecule has 3 rings (SSSR count). The summed E-state index contributed by atoms with van der Waals surface area (Å²) in [5.41, 5.74) is 2.34. The predicted octanol–water partition coefficient (Wildman–Crippen LogP) is 3.34. The molecule has 0 radical (unpaired) electrons. The summed E-state index contributed by atoms with van der Waals surface area (Å²) in [6.07, 6.45) is 2.17. The van der Waals surface area contributed by atoms with Gasteiger partial charge in [0.05, 0.1) is 7.11 Å². The summed E-state index contributed by atoms with van der Waals surface area (Å²) in [6.45, 7) is 0. The van der Waals surface area contributed by atoms with E-state index < -0.39 is 12.0 Å². The molecule has 1 aromatic heterocycles. The summed E-state index contributed by atoms with van der Waals surface area (Å²) in [6, 6.07) is 13.5. The number of hydrogen-bond donors (Lipinski definition) is 2. The summed E-state index contributed by atoms with van der Waals surface area (Å²) in [5.74, 6) is -0.848. The van der Waals surface area contributed by atoms with Gasteiger partial charge in [-0.15, -0.1) is 0 Å². The van der Waals surface area contributed by atoms with Crippen LogP contribution in [0.4, 0.5) is 0 Å². The molecule has 0 spiro atoms. The van der Waals surface area contributed by atoms with Gasteiger partial charge in [0.15, 0.2) is 0 Å². The fourth-order valence-electron chi connectivity index (χ4n) is 2.70. The van der Waals surface area contributed by atoms with Crippen LogP contribution in [-0.2, 0) is 16.0 Å². The number of fused-ring (bicyclic) bond motifs is 1. The number of nitrogens with one attached hydrogen (secondary N) is 2. The SMILES string of the molecule is COC(=O)C(Cc1c[nH]c2ccccc12)NC(=O)c1ccc(Cl)cc1. The lowest BCUT2D eigenvalue weighted by Crippen LogP contribution is -2.43. The molecule has 1 heterocycles. The molecule has 1 atom stereocenters. The average molecular weight is 357 g/mol. The Morgan fingerprint density at radius 3 is 2.60 bits per heavy atom. The van der Waals surface area contributed by atoms with Gasteiger partial charge in [-0.2, -0.15) is 0 Å². The van der Waals surface area contributed by atoms with Gasteiger partial charge in [-0.05, 0) is 35.9 Å². The maximum atomic E-state index is 12.4. The molecular weight excluding hydrogens is 340 g/mol. The van der Waals surface area contributed by atoms with Crippen LogP contribution in [0.5, 0.6) is 0 Å². The minimum Gasteiger partial charge on any atom is -0.467 e. The Kier molecular flexibility index (Phi) is 5.05. The van der Waals surface area contributed by atoms with Crippen molar-refractivity contribution >= 4 is 34.4 Å². The van der Waals surface area contributed by atoms with Crippen molar-refractivity contribution in [2.75, 3.05) is 7.11 Å². The maximum Gasteiger partial charge on any atom is 0.328 e. The molecule has 2 N–H and O–H groups in total. The van der Waals surface area contributed by atoms with Crippen LogP contribution in [0.3, 0.4) is 0 Å².